The Hall–Kier alpha value is -2.54. The summed E-state index contributed by atoms with van der Waals surface area (Å²) in [6, 6.07) is 12.0. The molecular weight excluding hydrogens is 236 g/mol. The van der Waals surface area contributed by atoms with Crippen LogP contribution in [-0.4, -0.2) is 11.5 Å². The van der Waals surface area contributed by atoms with Crippen LogP contribution >= 0.6 is 0 Å². The van der Waals surface area contributed by atoms with Crippen molar-refractivity contribution in [3.63, 3.8) is 0 Å². The van der Waals surface area contributed by atoms with Gasteiger partial charge in [0, 0.05) is 36.2 Å². The van der Waals surface area contributed by atoms with Gasteiger partial charge in [-0.15, -0.1) is 0 Å². The van der Waals surface area contributed by atoms with Crippen LogP contribution in [0.25, 0.3) is 0 Å². The monoisotopic (exact) mass is 250 g/mol. The minimum absolute atomic E-state index is 0.506. The van der Waals surface area contributed by atoms with Crippen molar-refractivity contribution in [2.45, 2.75) is 13.0 Å². The molecule has 0 atom stereocenters. The number of pyridine rings is 1. The largest absolute Gasteiger partial charge is 0.399 e. The normalized spacial score (nSPS) is 13.1. The number of nitriles is 1. The Balaban J connectivity index is 1.89. The lowest BCUT2D eigenvalue weighted by molar-refractivity contribution is 0.829. The van der Waals surface area contributed by atoms with Crippen LogP contribution in [0, 0.1) is 11.3 Å². The molecule has 1 aliphatic rings. The van der Waals surface area contributed by atoms with Gasteiger partial charge in [0.1, 0.15) is 11.8 Å². The van der Waals surface area contributed by atoms with Crippen molar-refractivity contribution in [2.75, 3.05) is 17.2 Å². The lowest BCUT2D eigenvalue weighted by Crippen LogP contribution is -2.20. The van der Waals surface area contributed by atoms with E-state index in [1.165, 1.54) is 11.3 Å². The van der Waals surface area contributed by atoms with Gasteiger partial charge in [-0.1, -0.05) is 6.07 Å². The zero-order valence-electron chi connectivity index (χ0n) is 10.5. The van der Waals surface area contributed by atoms with Gasteiger partial charge in [-0.05, 0) is 36.2 Å². The van der Waals surface area contributed by atoms with E-state index in [0.717, 1.165) is 24.2 Å². The van der Waals surface area contributed by atoms with Gasteiger partial charge in [-0.3, -0.25) is 0 Å². The molecule has 0 radical (unpaired) electrons. The average Bonchev–Trinajstić information content (AvgIpc) is 2.82. The summed E-state index contributed by atoms with van der Waals surface area (Å²) < 4.78 is 0. The van der Waals surface area contributed by atoms with Gasteiger partial charge in [-0.2, -0.15) is 5.26 Å². The van der Waals surface area contributed by atoms with Gasteiger partial charge in [0.25, 0.3) is 0 Å². The number of benzene rings is 1. The van der Waals surface area contributed by atoms with Crippen LogP contribution in [0.15, 0.2) is 36.5 Å². The van der Waals surface area contributed by atoms with Crippen LogP contribution in [-0.2, 0) is 13.0 Å². The summed E-state index contributed by atoms with van der Waals surface area (Å²) in [4.78, 5) is 6.37. The van der Waals surface area contributed by atoms with E-state index in [-0.39, 0.29) is 0 Å². The van der Waals surface area contributed by atoms with Crippen LogP contribution in [0.4, 0.5) is 11.4 Å². The smallest absolute Gasteiger partial charge is 0.145 e. The highest BCUT2D eigenvalue weighted by molar-refractivity contribution is 5.63. The molecule has 3 rings (SSSR count). The molecule has 0 bridgehead atoms. The fourth-order valence-corrected chi connectivity index (χ4v) is 2.53. The molecule has 1 aromatic heterocycles. The summed E-state index contributed by atoms with van der Waals surface area (Å²) in [5.74, 6) is 0. The first kappa shape index (κ1) is 11.5. The minimum atomic E-state index is 0.506. The van der Waals surface area contributed by atoms with Crippen molar-refractivity contribution >= 4 is 11.4 Å². The van der Waals surface area contributed by atoms with Crippen molar-refractivity contribution in [1.29, 1.82) is 5.26 Å². The Morgan fingerprint density at radius 3 is 3.11 bits per heavy atom. The molecule has 0 saturated carbocycles. The van der Waals surface area contributed by atoms with Crippen molar-refractivity contribution in [3.05, 3.63) is 53.3 Å². The highest BCUT2D eigenvalue weighted by Crippen LogP contribution is 2.30. The maximum absolute atomic E-state index is 9.08. The van der Waals surface area contributed by atoms with Crippen LogP contribution < -0.4 is 10.6 Å². The topological polar surface area (TPSA) is 65.9 Å². The second-order valence-electron chi connectivity index (χ2n) is 4.68. The first-order chi connectivity index (χ1) is 9.28. The second-order valence-corrected chi connectivity index (χ2v) is 4.68. The maximum atomic E-state index is 9.08. The number of fused-ring (bicyclic) bond motifs is 1. The first-order valence-corrected chi connectivity index (χ1v) is 6.25. The van der Waals surface area contributed by atoms with E-state index in [1.54, 1.807) is 6.20 Å². The highest BCUT2D eigenvalue weighted by atomic mass is 15.1. The third-order valence-electron chi connectivity index (χ3n) is 3.45. The molecule has 4 heteroatoms. The van der Waals surface area contributed by atoms with Crippen LogP contribution in [0.1, 0.15) is 16.8 Å². The molecule has 0 aliphatic carbocycles. The fraction of sp³-hybridized carbons (Fsp3) is 0.200. The Labute approximate surface area is 112 Å². The molecule has 0 spiro atoms. The molecule has 2 heterocycles. The molecule has 94 valence electrons. The molecule has 1 aromatic carbocycles. The third-order valence-corrected chi connectivity index (χ3v) is 3.45. The highest BCUT2D eigenvalue weighted by Gasteiger charge is 2.20. The standard InChI is InChI=1S/C15H14N4/c16-9-14-12(2-1-6-18-14)10-19-7-5-11-8-13(17)3-4-15(11)19/h1-4,6,8H,5,7,10,17H2. The van der Waals surface area contributed by atoms with Crippen LogP contribution in [0.5, 0.6) is 0 Å². The van der Waals surface area contributed by atoms with Crippen molar-refractivity contribution in [2.24, 2.45) is 0 Å². The summed E-state index contributed by atoms with van der Waals surface area (Å²) in [5.41, 5.74) is 10.6. The number of hydrogen-bond acceptors (Lipinski definition) is 4. The van der Waals surface area contributed by atoms with E-state index in [4.69, 9.17) is 11.0 Å². The predicted octanol–water partition coefficient (Wildman–Crippen LogP) is 2.10. The quantitative estimate of drug-likeness (QED) is 0.829. The predicted molar refractivity (Wildman–Crippen MR) is 74.6 cm³/mol. The number of anilines is 2. The molecule has 2 N–H and O–H groups in total. The molecule has 0 amide bonds. The van der Waals surface area contributed by atoms with Crippen LogP contribution in [0.2, 0.25) is 0 Å². The fourth-order valence-electron chi connectivity index (χ4n) is 2.53. The lowest BCUT2D eigenvalue weighted by Gasteiger charge is -2.19. The van der Waals surface area contributed by atoms with Gasteiger partial charge >= 0.3 is 0 Å². The molecule has 2 aromatic rings. The van der Waals surface area contributed by atoms with E-state index >= 15 is 0 Å². The summed E-state index contributed by atoms with van der Waals surface area (Å²) in [5, 5.41) is 9.08. The molecule has 4 nitrogen and oxygen atoms in total. The molecular formula is C15H14N4. The number of nitrogens with zero attached hydrogens (tertiary/aromatic N) is 3. The number of nitrogen functional groups attached to an aromatic ring is 1. The number of nitrogens with two attached hydrogens (primary N) is 1. The van der Waals surface area contributed by atoms with Gasteiger partial charge in [0.15, 0.2) is 0 Å². The summed E-state index contributed by atoms with van der Waals surface area (Å²) >= 11 is 0. The average molecular weight is 250 g/mol. The Kier molecular flexibility index (Phi) is 2.81. The Bertz CT molecular complexity index is 657. The maximum Gasteiger partial charge on any atom is 0.145 e. The van der Waals surface area contributed by atoms with Crippen molar-refractivity contribution < 1.29 is 0 Å². The third kappa shape index (κ3) is 2.11. The number of rotatable bonds is 2. The van der Waals surface area contributed by atoms with Gasteiger partial charge in [0.2, 0.25) is 0 Å². The SMILES string of the molecule is N#Cc1ncccc1CN1CCc2cc(N)ccc21. The summed E-state index contributed by atoms with van der Waals surface area (Å²) in [6.07, 6.45) is 2.66. The molecule has 0 fully saturated rings. The zero-order valence-corrected chi connectivity index (χ0v) is 10.5. The van der Waals surface area contributed by atoms with E-state index in [9.17, 15) is 0 Å². The van der Waals surface area contributed by atoms with Crippen molar-refractivity contribution in [3.8, 4) is 6.07 Å². The van der Waals surface area contributed by atoms with E-state index in [0.29, 0.717) is 12.2 Å². The number of aromatic nitrogens is 1. The van der Waals surface area contributed by atoms with E-state index in [2.05, 4.69) is 22.0 Å². The van der Waals surface area contributed by atoms with Crippen LogP contribution in [0.3, 0.4) is 0 Å². The van der Waals surface area contributed by atoms with E-state index in [1.807, 2.05) is 24.3 Å². The van der Waals surface area contributed by atoms with Gasteiger partial charge < -0.3 is 10.6 Å². The second kappa shape index (κ2) is 4.62. The zero-order chi connectivity index (χ0) is 13.2. The Morgan fingerprint density at radius 2 is 2.26 bits per heavy atom. The summed E-state index contributed by atoms with van der Waals surface area (Å²) in [6.45, 7) is 1.67. The molecule has 1 aliphatic heterocycles. The molecule has 0 saturated heterocycles. The molecule has 19 heavy (non-hydrogen) atoms. The number of hydrogen-bond donors (Lipinski definition) is 1. The lowest BCUT2D eigenvalue weighted by atomic mass is 10.1. The van der Waals surface area contributed by atoms with Gasteiger partial charge in [-0.25, -0.2) is 4.98 Å². The molecule has 0 unspecified atom stereocenters. The summed E-state index contributed by atoms with van der Waals surface area (Å²) in [7, 11) is 0. The minimum Gasteiger partial charge on any atom is -0.399 e. The van der Waals surface area contributed by atoms with Crippen molar-refractivity contribution in [1.82, 2.24) is 4.98 Å². The van der Waals surface area contributed by atoms with E-state index < -0.39 is 0 Å². The van der Waals surface area contributed by atoms with Gasteiger partial charge in [0.05, 0.1) is 0 Å². The first-order valence-electron chi connectivity index (χ1n) is 6.25. The Morgan fingerprint density at radius 1 is 1.37 bits per heavy atom.